The van der Waals surface area contributed by atoms with Crippen molar-refractivity contribution < 1.29 is 9.32 Å². The van der Waals surface area contributed by atoms with E-state index in [1.807, 2.05) is 30.3 Å². The van der Waals surface area contributed by atoms with Gasteiger partial charge in [-0.1, -0.05) is 35.5 Å². The lowest BCUT2D eigenvalue weighted by molar-refractivity contribution is 0.101. The van der Waals surface area contributed by atoms with Crippen molar-refractivity contribution >= 4 is 11.6 Å². The Labute approximate surface area is 120 Å². The minimum atomic E-state index is -0.358. The van der Waals surface area contributed by atoms with Crippen LogP contribution in [0.5, 0.6) is 0 Å². The van der Waals surface area contributed by atoms with E-state index in [4.69, 9.17) is 4.52 Å². The van der Waals surface area contributed by atoms with Gasteiger partial charge in [-0.05, 0) is 6.92 Å². The number of benzene rings is 1. The SMILES string of the molecule is Cc1cc(C(=O)Nc2cnc(-c3ccccc3)nc2)no1. The molecule has 3 aromatic rings. The number of amides is 1. The van der Waals surface area contributed by atoms with Crippen molar-refractivity contribution in [3.63, 3.8) is 0 Å². The Balaban J connectivity index is 1.74. The second kappa shape index (κ2) is 5.54. The molecule has 0 aliphatic heterocycles. The molecule has 1 aromatic carbocycles. The molecule has 104 valence electrons. The van der Waals surface area contributed by atoms with Crippen molar-refractivity contribution in [3.05, 3.63) is 60.2 Å². The number of hydrogen-bond acceptors (Lipinski definition) is 5. The van der Waals surface area contributed by atoms with E-state index < -0.39 is 0 Å². The van der Waals surface area contributed by atoms with Gasteiger partial charge in [0.25, 0.3) is 5.91 Å². The molecule has 1 N–H and O–H groups in total. The number of carbonyl (C=O) groups excluding carboxylic acids is 1. The highest BCUT2D eigenvalue weighted by Crippen LogP contribution is 2.15. The topological polar surface area (TPSA) is 80.9 Å². The fraction of sp³-hybridized carbons (Fsp3) is 0.0667. The van der Waals surface area contributed by atoms with Crippen LogP contribution in [-0.2, 0) is 0 Å². The highest BCUT2D eigenvalue weighted by Gasteiger charge is 2.11. The Morgan fingerprint density at radius 2 is 1.86 bits per heavy atom. The average Bonchev–Trinajstić information content (AvgIpc) is 2.96. The number of hydrogen-bond donors (Lipinski definition) is 1. The van der Waals surface area contributed by atoms with Gasteiger partial charge in [0.05, 0.1) is 18.1 Å². The largest absolute Gasteiger partial charge is 0.361 e. The first-order valence-electron chi connectivity index (χ1n) is 6.34. The third-order valence-electron chi connectivity index (χ3n) is 2.80. The first kappa shape index (κ1) is 13.0. The molecule has 21 heavy (non-hydrogen) atoms. The summed E-state index contributed by atoms with van der Waals surface area (Å²) in [5.74, 6) is 0.824. The van der Waals surface area contributed by atoms with Crippen molar-refractivity contribution in [2.24, 2.45) is 0 Å². The molecular formula is C15H12N4O2. The number of nitrogens with one attached hydrogen (secondary N) is 1. The number of aromatic nitrogens is 3. The van der Waals surface area contributed by atoms with Crippen LogP contribution in [0.25, 0.3) is 11.4 Å². The molecule has 2 aromatic heterocycles. The van der Waals surface area contributed by atoms with Crippen LogP contribution in [0, 0.1) is 6.92 Å². The third kappa shape index (κ3) is 2.94. The van der Waals surface area contributed by atoms with Gasteiger partial charge in [0.15, 0.2) is 11.5 Å². The van der Waals surface area contributed by atoms with Crippen LogP contribution < -0.4 is 5.32 Å². The first-order valence-corrected chi connectivity index (χ1v) is 6.34. The quantitative estimate of drug-likeness (QED) is 0.797. The second-order valence-corrected chi connectivity index (χ2v) is 4.44. The van der Waals surface area contributed by atoms with Crippen molar-refractivity contribution in [2.75, 3.05) is 5.32 Å². The molecule has 2 heterocycles. The highest BCUT2D eigenvalue weighted by atomic mass is 16.5. The van der Waals surface area contributed by atoms with E-state index in [1.165, 1.54) is 0 Å². The summed E-state index contributed by atoms with van der Waals surface area (Å²) in [6.45, 7) is 1.72. The fourth-order valence-electron chi connectivity index (χ4n) is 1.80. The van der Waals surface area contributed by atoms with E-state index in [9.17, 15) is 4.79 Å². The second-order valence-electron chi connectivity index (χ2n) is 4.44. The van der Waals surface area contributed by atoms with Crippen LogP contribution in [0.1, 0.15) is 16.2 Å². The number of aryl methyl sites for hydroxylation is 1. The molecule has 0 bridgehead atoms. The van der Waals surface area contributed by atoms with Gasteiger partial charge in [0, 0.05) is 11.6 Å². The molecule has 0 unspecified atom stereocenters. The molecule has 0 saturated carbocycles. The van der Waals surface area contributed by atoms with E-state index in [0.29, 0.717) is 17.3 Å². The van der Waals surface area contributed by atoms with Crippen LogP contribution in [0.4, 0.5) is 5.69 Å². The maximum Gasteiger partial charge on any atom is 0.277 e. The predicted octanol–water partition coefficient (Wildman–Crippen LogP) is 2.69. The van der Waals surface area contributed by atoms with Gasteiger partial charge >= 0.3 is 0 Å². The zero-order valence-corrected chi connectivity index (χ0v) is 11.3. The van der Waals surface area contributed by atoms with Gasteiger partial charge in [0.1, 0.15) is 5.76 Å². The van der Waals surface area contributed by atoms with Crippen LogP contribution in [0.2, 0.25) is 0 Å². The molecule has 0 spiro atoms. The zero-order chi connectivity index (χ0) is 14.7. The predicted molar refractivity (Wildman–Crippen MR) is 76.7 cm³/mol. The van der Waals surface area contributed by atoms with Crippen molar-refractivity contribution in [1.29, 1.82) is 0 Å². The summed E-state index contributed by atoms with van der Waals surface area (Å²) in [6.07, 6.45) is 3.11. The smallest absolute Gasteiger partial charge is 0.277 e. The maximum atomic E-state index is 11.9. The lowest BCUT2D eigenvalue weighted by Crippen LogP contribution is -2.12. The van der Waals surface area contributed by atoms with Gasteiger partial charge in [-0.15, -0.1) is 0 Å². The van der Waals surface area contributed by atoms with Crippen LogP contribution >= 0.6 is 0 Å². The Hall–Kier alpha value is -3.02. The summed E-state index contributed by atoms with van der Waals surface area (Å²) in [6, 6.07) is 11.2. The molecule has 0 radical (unpaired) electrons. The molecule has 6 nitrogen and oxygen atoms in total. The minimum Gasteiger partial charge on any atom is -0.361 e. The Morgan fingerprint density at radius 1 is 1.14 bits per heavy atom. The van der Waals surface area contributed by atoms with E-state index in [1.54, 1.807) is 25.4 Å². The summed E-state index contributed by atoms with van der Waals surface area (Å²) in [4.78, 5) is 20.4. The molecule has 0 saturated heterocycles. The van der Waals surface area contributed by atoms with Gasteiger partial charge in [-0.3, -0.25) is 4.79 Å². The van der Waals surface area contributed by atoms with Gasteiger partial charge in [0.2, 0.25) is 0 Å². The van der Waals surface area contributed by atoms with E-state index >= 15 is 0 Å². The molecule has 0 fully saturated rings. The summed E-state index contributed by atoms with van der Waals surface area (Å²) in [5.41, 5.74) is 1.64. The van der Waals surface area contributed by atoms with Gasteiger partial charge in [-0.25, -0.2) is 9.97 Å². The third-order valence-corrected chi connectivity index (χ3v) is 2.80. The standard InChI is InChI=1S/C15H12N4O2/c1-10-7-13(19-21-10)15(20)18-12-8-16-14(17-9-12)11-5-3-2-4-6-11/h2-9H,1H3,(H,18,20). The Bertz CT molecular complexity index is 751. The lowest BCUT2D eigenvalue weighted by atomic mass is 10.2. The van der Waals surface area contributed by atoms with Crippen LogP contribution in [-0.4, -0.2) is 21.0 Å². The van der Waals surface area contributed by atoms with Crippen molar-refractivity contribution in [3.8, 4) is 11.4 Å². The van der Waals surface area contributed by atoms with E-state index in [-0.39, 0.29) is 11.6 Å². The van der Waals surface area contributed by atoms with Crippen LogP contribution in [0.15, 0.2) is 53.3 Å². The number of rotatable bonds is 3. The number of nitrogens with zero attached hydrogens (tertiary/aromatic N) is 3. The van der Waals surface area contributed by atoms with Crippen molar-refractivity contribution in [2.45, 2.75) is 6.92 Å². The molecule has 0 aliphatic rings. The monoisotopic (exact) mass is 280 g/mol. The Kier molecular flexibility index (Phi) is 3.42. The summed E-state index contributed by atoms with van der Waals surface area (Å²) in [5, 5.41) is 6.31. The molecule has 1 amide bonds. The van der Waals surface area contributed by atoms with Gasteiger partial charge in [-0.2, -0.15) is 0 Å². The zero-order valence-electron chi connectivity index (χ0n) is 11.3. The Morgan fingerprint density at radius 3 is 2.48 bits per heavy atom. The molecule has 0 aliphatic carbocycles. The summed E-state index contributed by atoms with van der Waals surface area (Å²) in [7, 11) is 0. The molecular weight excluding hydrogens is 268 g/mol. The summed E-state index contributed by atoms with van der Waals surface area (Å²) < 4.78 is 4.86. The van der Waals surface area contributed by atoms with Crippen molar-refractivity contribution in [1.82, 2.24) is 15.1 Å². The minimum absolute atomic E-state index is 0.222. The van der Waals surface area contributed by atoms with E-state index in [2.05, 4.69) is 20.4 Å². The molecule has 0 atom stereocenters. The number of carbonyl (C=O) groups is 1. The average molecular weight is 280 g/mol. The van der Waals surface area contributed by atoms with E-state index in [0.717, 1.165) is 5.56 Å². The van der Waals surface area contributed by atoms with Crippen LogP contribution in [0.3, 0.4) is 0 Å². The van der Waals surface area contributed by atoms with Gasteiger partial charge < -0.3 is 9.84 Å². The first-order chi connectivity index (χ1) is 10.2. The maximum absolute atomic E-state index is 11.9. The summed E-state index contributed by atoms with van der Waals surface area (Å²) >= 11 is 0. The number of anilines is 1. The molecule has 3 rings (SSSR count). The molecule has 6 heteroatoms. The fourth-order valence-corrected chi connectivity index (χ4v) is 1.80. The normalized spacial score (nSPS) is 10.3. The highest BCUT2D eigenvalue weighted by molar-refractivity contribution is 6.02. The lowest BCUT2D eigenvalue weighted by Gasteiger charge is -2.03.